The van der Waals surface area contributed by atoms with E-state index in [1.165, 1.54) is 10.4 Å². The van der Waals surface area contributed by atoms with E-state index in [9.17, 15) is 0 Å². The number of hydrogen-bond donors (Lipinski definition) is 2. The number of rotatable bonds is 6. The van der Waals surface area contributed by atoms with Gasteiger partial charge in [-0.3, -0.25) is 4.99 Å². The van der Waals surface area contributed by atoms with E-state index in [2.05, 4.69) is 75.5 Å². The molecule has 6 heteroatoms. The maximum Gasteiger partial charge on any atom is 0.191 e. The molecule has 0 bridgehead atoms. The molecule has 0 saturated carbocycles. The van der Waals surface area contributed by atoms with Crippen LogP contribution in [0.1, 0.15) is 29.3 Å². The lowest BCUT2D eigenvalue weighted by Gasteiger charge is -2.27. The molecule has 0 fully saturated rings. The molecule has 0 aliphatic rings. The topological polar surface area (TPSA) is 49.3 Å². The molecule has 0 saturated heterocycles. The first-order chi connectivity index (χ1) is 11.4. The van der Waals surface area contributed by atoms with Gasteiger partial charge in [0, 0.05) is 47.5 Å². The van der Waals surface area contributed by atoms with Crippen LogP contribution in [0.2, 0.25) is 0 Å². The first-order valence-electron chi connectivity index (χ1n) is 8.03. The molecule has 2 rings (SSSR count). The Bertz CT molecular complexity index is 694. The van der Waals surface area contributed by atoms with Crippen LogP contribution >= 0.6 is 27.3 Å². The molecule has 0 aliphatic heterocycles. The average Bonchev–Trinajstić information content (AvgIpc) is 2.96. The molecule has 0 atom stereocenters. The lowest BCUT2D eigenvalue weighted by molar-refractivity contribution is 0.506. The molecule has 1 aromatic carbocycles. The minimum Gasteiger partial charge on any atom is -0.356 e. The summed E-state index contributed by atoms with van der Waals surface area (Å²) in [4.78, 5) is 9.95. The van der Waals surface area contributed by atoms with Gasteiger partial charge >= 0.3 is 0 Å². The van der Waals surface area contributed by atoms with Crippen molar-refractivity contribution in [3.8, 4) is 0 Å². The monoisotopic (exact) mass is 408 g/mol. The Labute approximate surface area is 156 Å². The molecule has 130 valence electrons. The minimum absolute atomic E-state index is 0.00979. The molecule has 24 heavy (non-hydrogen) atoms. The first-order valence-corrected chi connectivity index (χ1v) is 9.64. The molecule has 1 aromatic heterocycles. The molecular weight excluding hydrogens is 384 g/mol. The summed E-state index contributed by atoms with van der Waals surface area (Å²) in [6, 6.07) is 8.36. The number of hydrogen-bond acceptors (Lipinski definition) is 3. The van der Waals surface area contributed by atoms with E-state index in [-0.39, 0.29) is 5.41 Å². The van der Waals surface area contributed by atoms with Crippen molar-refractivity contribution in [2.24, 2.45) is 4.99 Å². The van der Waals surface area contributed by atoms with Crippen molar-refractivity contribution < 1.29 is 0 Å². The summed E-state index contributed by atoms with van der Waals surface area (Å²) >= 11 is 5.39. The predicted octanol–water partition coefficient (Wildman–Crippen LogP) is 3.90. The van der Waals surface area contributed by atoms with E-state index in [1.54, 1.807) is 18.4 Å². The van der Waals surface area contributed by atoms with Gasteiger partial charge in [-0.15, -0.1) is 11.3 Å². The number of thiazole rings is 1. The number of nitrogens with one attached hydrogen (secondary N) is 2. The van der Waals surface area contributed by atoms with Gasteiger partial charge in [-0.25, -0.2) is 4.98 Å². The van der Waals surface area contributed by atoms with Crippen LogP contribution in [0.3, 0.4) is 0 Å². The minimum atomic E-state index is -0.00979. The summed E-state index contributed by atoms with van der Waals surface area (Å²) < 4.78 is 1.14. The van der Waals surface area contributed by atoms with Crippen LogP contribution in [0.25, 0.3) is 0 Å². The fraction of sp³-hybridized carbons (Fsp3) is 0.444. The summed E-state index contributed by atoms with van der Waals surface area (Å²) in [5.74, 6) is 0.823. The number of aryl methyl sites for hydroxylation is 1. The zero-order valence-electron chi connectivity index (χ0n) is 14.7. The Morgan fingerprint density at radius 2 is 2.04 bits per heavy atom. The van der Waals surface area contributed by atoms with Crippen molar-refractivity contribution in [1.82, 2.24) is 15.6 Å². The van der Waals surface area contributed by atoms with Crippen molar-refractivity contribution in [3.63, 3.8) is 0 Å². The Balaban J connectivity index is 1.85. The predicted molar refractivity (Wildman–Crippen MR) is 107 cm³/mol. The standard InChI is InChI=1S/C18H25BrN4S/c1-13-11-22-16(24-13)9-10-21-17(20-4)23-12-18(2,3)14-7-5-6-8-15(14)19/h5-8,11H,9-10,12H2,1-4H3,(H2,20,21,23). The van der Waals surface area contributed by atoms with Crippen LogP contribution < -0.4 is 10.6 Å². The number of aromatic nitrogens is 1. The summed E-state index contributed by atoms with van der Waals surface area (Å²) in [5, 5.41) is 7.94. The highest BCUT2D eigenvalue weighted by molar-refractivity contribution is 9.10. The lowest BCUT2D eigenvalue weighted by Crippen LogP contribution is -2.44. The lowest BCUT2D eigenvalue weighted by atomic mass is 9.84. The number of guanidine groups is 1. The molecule has 0 unspecified atom stereocenters. The van der Waals surface area contributed by atoms with E-state index < -0.39 is 0 Å². The van der Waals surface area contributed by atoms with Gasteiger partial charge < -0.3 is 10.6 Å². The third-order valence-electron chi connectivity index (χ3n) is 3.82. The molecule has 2 aromatic rings. The van der Waals surface area contributed by atoms with Crippen molar-refractivity contribution in [2.75, 3.05) is 20.1 Å². The number of halogens is 1. The zero-order chi connectivity index (χ0) is 17.6. The SMILES string of the molecule is CN=C(NCCc1ncc(C)s1)NCC(C)(C)c1ccccc1Br. The van der Waals surface area contributed by atoms with Gasteiger partial charge in [-0.1, -0.05) is 48.0 Å². The molecule has 4 nitrogen and oxygen atoms in total. The molecule has 0 amide bonds. The van der Waals surface area contributed by atoms with Gasteiger partial charge in [0.2, 0.25) is 0 Å². The first kappa shape index (κ1) is 18.9. The van der Waals surface area contributed by atoms with E-state index in [0.29, 0.717) is 0 Å². The number of nitrogens with zero attached hydrogens (tertiary/aromatic N) is 2. The second-order valence-corrected chi connectivity index (χ2v) is 8.50. The van der Waals surface area contributed by atoms with Gasteiger partial charge in [-0.2, -0.15) is 0 Å². The van der Waals surface area contributed by atoms with E-state index >= 15 is 0 Å². The van der Waals surface area contributed by atoms with Crippen molar-refractivity contribution in [3.05, 3.63) is 50.4 Å². The maximum atomic E-state index is 4.39. The van der Waals surface area contributed by atoms with Gasteiger partial charge in [0.1, 0.15) is 0 Å². The highest BCUT2D eigenvalue weighted by Crippen LogP contribution is 2.29. The Morgan fingerprint density at radius 3 is 2.67 bits per heavy atom. The quantitative estimate of drug-likeness (QED) is 0.562. The zero-order valence-corrected chi connectivity index (χ0v) is 17.1. The third kappa shape index (κ3) is 5.31. The van der Waals surface area contributed by atoms with Crippen LogP contribution in [0, 0.1) is 6.92 Å². The largest absolute Gasteiger partial charge is 0.356 e. The van der Waals surface area contributed by atoms with Gasteiger partial charge in [-0.05, 0) is 18.6 Å². The van der Waals surface area contributed by atoms with Crippen molar-refractivity contribution in [1.29, 1.82) is 0 Å². The van der Waals surface area contributed by atoms with Crippen LogP contribution in [0.4, 0.5) is 0 Å². The summed E-state index contributed by atoms with van der Waals surface area (Å²) in [5.41, 5.74) is 1.27. The van der Waals surface area contributed by atoms with Gasteiger partial charge in [0.15, 0.2) is 5.96 Å². The molecule has 0 spiro atoms. The molecule has 0 radical (unpaired) electrons. The normalized spacial score (nSPS) is 12.3. The maximum absolute atomic E-state index is 4.39. The summed E-state index contributed by atoms with van der Waals surface area (Å²) in [7, 11) is 1.80. The summed E-state index contributed by atoms with van der Waals surface area (Å²) in [6.07, 6.45) is 2.83. The molecular formula is C18H25BrN4S. The second kappa shape index (κ2) is 8.62. The molecule has 0 aliphatic carbocycles. The Hall–Kier alpha value is -1.40. The van der Waals surface area contributed by atoms with Crippen molar-refractivity contribution in [2.45, 2.75) is 32.6 Å². The smallest absolute Gasteiger partial charge is 0.191 e. The summed E-state index contributed by atoms with van der Waals surface area (Å²) in [6.45, 7) is 8.16. The van der Waals surface area contributed by atoms with E-state index in [1.807, 2.05) is 12.3 Å². The van der Waals surface area contributed by atoms with Crippen LogP contribution in [-0.2, 0) is 11.8 Å². The average molecular weight is 409 g/mol. The van der Waals surface area contributed by atoms with Crippen molar-refractivity contribution >= 4 is 33.2 Å². The fourth-order valence-electron chi connectivity index (χ4n) is 2.44. The highest BCUT2D eigenvalue weighted by Gasteiger charge is 2.23. The van der Waals surface area contributed by atoms with E-state index in [0.717, 1.165) is 35.0 Å². The van der Waals surface area contributed by atoms with Crippen LogP contribution in [0.5, 0.6) is 0 Å². The Kier molecular flexibility index (Phi) is 6.80. The van der Waals surface area contributed by atoms with Gasteiger partial charge in [0.25, 0.3) is 0 Å². The van der Waals surface area contributed by atoms with Gasteiger partial charge in [0.05, 0.1) is 5.01 Å². The molecule has 1 heterocycles. The number of aliphatic imine (C=N–C) groups is 1. The second-order valence-electron chi connectivity index (χ2n) is 6.33. The van der Waals surface area contributed by atoms with Crippen LogP contribution in [0.15, 0.2) is 39.9 Å². The van der Waals surface area contributed by atoms with Crippen LogP contribution in [-0.4, -0.2) is 31.1 Å². The molecule has 2 N–H and O–H groups in total. The third-order valence-corrected chi connectivity index (χ3v) is 5.49. The highest BCUT2D eigenvalue weighted by atomic mass is 79.9. The number of benzene rings is 1. The fourth-order valence-corrected chi connectivity index (χ4v) is 4.04. The Morgan fingerprint density at radius 1 is 1.29 bits per heavy atom. The van der Waals surface area contributed by atoms with E-state index in [4.69, 9.17) is 0 Å².